The van der Waals surface area contributed by atoms with Crippen molar-refractivity contribution in [3.05, 3.63) is 51.5 Å². The number of rotatable bonds is 2. The SMILES string of the molecule is CC1c2ccccc2CCN1Cc1nc(C(F)(F)F)cs1. The van der Waals surface area contributed by atoms with Gasteiger partial charge in [-0.1, -0.05) is 24.3 Å². The minimum atomic E-state index is -4.35. The second-order valence-electron chi connectivity index (χ2n) is 5.22. The third kappa shape index (κ3) is 2.96. The van der Waals surface area contributed by atoms with Crippen LogP contribution in [0.1, 0.15) is 34.8 Å². The number of hydrogen-bond donors (Lipinski definition) is 0. The van der Waals surface area contributed by atoms with Crippen LogP contribution in [0.5, 0.6) is 0 Å². The van der Waals surface area contributed by atoms with Crippen molar-refractivity contribution in [3.63, 3.8) is 0 Å². The largest absolute Gasteiger partial charge is 0.434 e. The molecule has 0 bridgehead atoms. The number of hydrogen-bond acceptors (Lipinski definition) is 3. The van der Waals surface area contributed by atoms with Gasteiger partial charge in [-0.25, -0.2) is 4.98 Å². The number of alkyl halides is 3. The first kappa shape index (κ1) is 14.5. The summed E-state index contributed by atoms with van der Waals surface area (Å²) >= 11 is 1.08. The first-order chi connectivity index (χ1) is 9.95. The van der Waals surface area contributed by atoms with Crippen molar-refractivity contribution in [2.75, 3.05) is 6.54 Å². The summed E-state index contributed by atoms with van der Waals surface area (Å²) in [6, 6.07) is 8.44. The Balaban J connectivity index is 1.76. The van der Waals surface area contributed by atoms with Gasteiger partial charge in [-0.2, -0.15) is 13.2 Å². The number of thiazole rings is 1. The number of fused-ring (bicyclic) bond motifs is 1. The second-order valence-corrected chi connectivity index (χ2v) is 6.16. The summed E-state index contributed by atoms with van der Waals surface area (Å²) in [5, 5.41) is 1.62. The van der Waals surface area contributed by atoms with Crippen LogP contribution >= 0.6 is 11.3 Å². The van der Waals surface area contributed by atoms with E-state index >= 15 is 0 Å². The van der Waals surface area contributed by atoms with Gasteiger partial charge in [0.25, 0.3) is 0 Å². The van der Waals surface area contributed by atoms with E-state index in [0.717, 1.165) is 29.7 Å². The maximum Gasteiger partial charge on any atom is 0.434 e. The standard InChI is InChI=1S/C15H15F3N2S/c1-10-12-5-3-2-4-11(12)6-7-20(10)8-14-19-13(9-21-14)15(16,17)18/h2-5,9-10H,6-8H2,1H3. The zero-order valence-corrected chi connectivity index (χ0v) is 12.3. The molecule has 6 heteroatoms. The first-order valence-corrected chi connectivity index (χ1v) is 7.66. The molecule has 1 atom stereocenters. The van der Waals surface area contributed by atoms with Crippen LogP contribution in [-0.4, -0.2) is 16.4 Å². The Morgan fingerprint density at radius 1 is 1.33 bits per heavy atom. The average molecular weight is 312 g/mol. The van der Waals surface area contributed by atoms with Gasteiger partial charge in [0.15, 0.2) is 5.69 Å². The molecule has 3 rings (SSSR count). The van der Waals surface area contributed by atoms with E-state index < -0.39 is 11.9 Å². The molecule has 0 aliphatic carbocycles. The van der Waals surface area contributed by atoms with E-state index in [1.54, 1.807) is 0 Å². The van der Waals surface area contributed by atoms with Crippen molar-refractivity contribution in [2.45, 2.75) is 32.1 Å². The summed E-state index contributed by atoms with van der Waals surface area (Å²) in [6.45, 7) is 3.41. The monoisotopic (exact) mass is 312 g/mol. The van der Waals surface area contributed by atoms with Gasteiger partial charge in [0.05, 0.1) is 6.54 Å². The van der Waals surface area contributed by atoms with Gasteiger partial charge in [-0.3, -0.25) is 4.90 Å². The lowest BCUT2D eigenvalue weighted by Crippen LogP contribution is -2.33. The number of aromatic nitrogens is 1. The summed E-state index contributed by atoms with van der Waals surface area (Å²) in [4.78, 5) is 5.90. The Kier molecular flexibility index (Phi) is 3.75. The van der Waals surface area contributed by atoms with Crippen molar-refractivity contribution in [1.29, 1.82) is 0 Å². The Morgan fingerprint density at radius 3 is 2.81 bits per heavy atom. The minimum absolute atomic E-state index is 0.202. The van der Waals surface area contributed by atoms with Gasteiger partial charge in [0.1, 0.15) is 5.01 Å². The van der Waals surface area contributed by atoms with Gasteiger partial charge in [0.2, 0.25) is 0 Å². The number of benzene rings is 1. The molecule has 1 aliphatic heterocycles. The topological polar surface area (TPSA) is 16.1 Å². The van der Waals surface area contributed by atoms with Crippen molar-refractivity contribution in [1.82, 2.24) is 9.88 Å². The molecule has 2 aromatic rings. The molecule has 0 saturated heterocycles. The molecule has 2 nitrogen and oxygen atoms in total. The van der Waals surface area contributed by atoms with E-state index in [0.29, 0.717) is 11.6 Å². The highest BCUT2D eigenvalue weighted by Gasteiger charge is 2.34. The van der Waals surface area contributed by atoms with Crippen LogP contribution in [0, 0.1) is 0 Å². The summed E-state index contributed by atoms with van der Waals surface area (Å²) in [5.41, 5.74) is 1.81. The lowest BCUT2D eigenvalue weighted by Gasteiger charge is -2.34. The molecule has 0 amide bonds. The molecule has 1 aliphatic rings. The van der Waals surface area contributed by atoms with Crippen molar-refractivity contribution >= 4 is 11.3 Å². The molecular weight excluding hydrogens is 297 g/mol. The fourth-order valence-corrected chi connectivity index (χ4v) is 3.55. The van der Waals surface area contributed by atoms with Gasteiger partial charge in [0, 0.05) is 18.0 Å². The van der Waals surface area contributed by atoms with E-state index in [4.69, 9.17) is 0 Å². The van der Waals surface area contributed by atoms with Gasteiger partial charge in [-0.05, 0) is 24.5 Å². The van der Waals surface area contributed by atoms with E-state index in [1.165, 1.54) is 11.1 Å². The van der Waals surface area contributed by atoms with Crippen molar-refractivity contribution in [2.24, 2.45) is 0 Å². The predicted molar refractivity (Wildman–Crippen MR) is 76.1 cm³/mol. The normalized spacial score (nSPS) is 19.5. The molecular formula is C15H15F3N2S. The highest BCUT2D eigenvalue weighted by atomic mass is 32.1. The van der Waals surface area contributed by atoms with Crippen LogP contribution in [-0.2, 0) is 19.1 Å². The molecule has 112 valence electrons. The zero-order chi connectivity index (χ0) is 15.0. The zero-order valence-electron chi connectivity index (χ0n) is 11.5. The van der Waals surface area contributed by atoms with E-state index in [1.807, 2.05) is 12.1 Å². The smallest absolute Gasteiger partial charge is 0.290 e. The maximum atomic E-state index is 12.6. The third-order valence-corrected chi connectivity index (χ3v) is 4.74. The van der Waals surface area contributed by atoms with Crippen LogP contribution in [0.3, 0.4) is 0 Å². The Morgan fingerprint density at radius 2 is 2.10 bits per heavy atom. The Bertz CT molecular complexity index is 636. The molecule has 1 aromatic heterocycles. The minimum Gasteiger partial charge on any atom is -0.290 e. The fourth-order valence-electron chi connectivity index (χ4n) is 2.73. The molecule has 0 saturated carbocycles. The van der Waals surface area contributed by atoms with Gasteiger partial charge in [-0.15, -0.1) is 11.3 Å². The van der Waals surface area contributed by atoms with Crippen LogP contribution in [0.15, 0.2) is 29.6 Å². The average Bonchev–Trinajstić information content (AvgIpc) is 2.91. The number of halogens is 3. The fraction of sp³-hybridized carbons (Fsp3) is 0.400. The van der Waals surface area contributed by atoms with E-state index in [2.05, 4.69) is 28.9 Å². The van der Waals surface area contributed by atoms with E-state index in [9.17, 15) is 13.2 Å². The molecule has 2 heterocycles. The highest BCUT2D eigenvalue weighted by molar-refractivity contribution is 7.09. The summed E-state index contributed by atoms with van der Waals surface area (Å²) in [6.07, 6.45) is -3.42. The van der Waals surface area contributed by atoms with Crippen LogP contribution in [0.2, 0.25) is 0 Å². The third-order valence-electron chi connectivity index (χ3n) is 3.90. The maximum absolute atomic E-state index is 12.6. The van der Waals surface area contributed by atoms with Crippen LogP contribution in [0.25, 0.3) is 0 Å². The second kappa shape index (κ2) is 5.42. The lowest BCUT2D eigenvalue weighted by atomic mass is 9.94. The molecule has 0 spiro atoms. The first-order valence-electron chi connectivity index (χ1n) is 6.78. The quantitative estimate of drug-likeness (QED) is 0.823. The van der Waals surface area contributed by atoms with Gasteiger partial charge < -0.3 is 0 Å². The molecule has 1 aromatic carbocycles. The molecule has 0 fully saturated rings. The highest BCUT2D eigenvalue weighted by Crippen LogP contribution is 2.33. The molecule has 1 unspecified atom stereocenters. The van der Waals surface area contributed by atoms with Crippen molar-refractivity contribution < 1.29 is 13.2 Å². The van der Waals surface area contributed by atoms with Crippen molar-refractivity contribution in [3.8, 4) is 0 Å². The predicted octanol–water partition coefficient (Wildman–Crippen LogP) is 4.28. The lowest BCUT2D eigenvalue weighted by molar-refractivity contribution is -0.140. The number of nitrogens with zero attached hydrogens (tertiary/aromatic N) is 2. The molecule has 0 radical (unpaired) electrons. The summed E-state index contributed by atoms with van der Waals surface area (Å²) in [7, 11) is 0. The van der Waals surface area contributed by atoms with Crippen LogP contribution in [0.4, 0.5) is 13.2 Å². The molecule has 0 N–H and O–H groups in total. The van der Waals surface area contributed by atoms with Crippen LogP contribution < -0.4 is 0 Å². The van der Waals surface area contributed by atoms with Gasteiger partial charge >= 0.3 is 6.18 Å². The molecule has 21 heavy (non-hydrogen) atoms. The summed E-state index contributed by atoms with van der Waals surface area (Å²) < 4.78 is 37.8. The Hall–Kier alpha value is -1.40. The van der Waals surface area contributed by atoms with E-state index in [-0.39, 0.29) is 6.04 Å². The Labute approximate surface area is 125 Å². The summed E-state index contributed by atoms with van der Waals surface area (Å²) in [5.74, 6) is 0.